The summed E-state index contributed by atoms with van der Waals surface area (Å²) < 4.78 is 4.98. The van der Waals surface area contributed by atoms with Crippen LogP contribution >= 0.6 is 0 Å². The molecular formula is C14H19N3O3. The zero-order chi connectivity index (χ0) is 14.5. The maximum atomic E-state index is 12.0. The number of nitrogens with one attached hydrogen (secondary N) is 1. The highest BCUT2D eigenvalue weighted by Crippen LogP contribution is 2.14. The fourth-order valence-electron chi connectivity index (χ4n) is 2.18. The minimum absolute atomic E-state index is 0.0952. The van der Waals surface area contributed by atoms with Gasteiger partial charge < -0.3 is 10.1 Å². The van der Waals surface area contributed by atoms with Gasteiger partial charge in [-0.15, -0.1) is 0 Å². The maximum absolute atomic E-state index is 12.0. The van der Waals surface area contributed by atoms with E-state index in [2.05, 4.69) is 10.3 Å². The number of imide groups is 1. The fourth-order valence-corrected chi connectivity index (χ4v) is 2.18. The van der Waals surface area contributed by atoms with Crippen LogP contribution in [0, 0.1) is 0 Å². The van der Waals surface area contributed by atoms with Crippen LogP contribution in [-0.4, -0.2) is 41.4 Å². The molecule has 0 saturated carbocycles. The summed E-state index contributed by atoms with van der Waals surface area (Å²) in [4.78, 5) is 29.2. The lowest BCUT2D eigenvalue weighted by Gasteiger charge is -2.14. The fraction of sp³-hybridized carbons (Fsp3) is 0.500. The normalized spacial score (nSPS) is 18.7. The third kappa shape index (κ3) is 3.14. The molecule has 1 aromatic rings. The van der Waals surface area contributed by atoms with E-state index in [-0.39, 0.29) is 18.2 Å². The molecule has 6 nitrogen and oxygen atoms in total. The Kier molecular flexibility index (Phi) is 4.68. The van der Waals surface area contributed by atoms with Crippen LogP contribution in [0.2, 0.25) is 0 Å². The molecule has 0 radical (unpaired) electrons. The average Bonchev–Trinajstić information content (AvgIpc) is 2.73. The van der Waals surface area contributed by atoms with Gasteiger partial charge in [-0.2, -0.15) is 0 Å². The maximum Gasteiger partial charge on any atom is 0.246 e. The molecule has 2 rings (SSSR count). The Hall–Kier alpha value is -1.95. The number of rotatable bonds is 6. The first-order valence-corrected chi connectivity index (χ1v) is 6.72. The molecule has 1 unspecified atom stereocenters. The predicted molar refractivity (Wildman–Crippen MR) is 73.0 cm³/mol. The zero-order valence-corrected chi connectivity index (χ0v) is 11.8. The van der Waals surface area contributed by atoms with Crippen molar-refractivity contribution < 1.29 is 14.3 Å². The summed E-state index contributed by atoms with van der Waals surface area (Å²) >= 11 is 0. The topological polar surface area (TPSA) is 71.5 Å². The predicted octanol–water partition coefficient (Wildman–Crippen LogP) is 0.717. The van der Waals surface area contributed by atoms with E-state index in [0.29, 0.717) is 19.0 Å². The summed E-state index contributed by atoms with van der Waals surface area (Å²) in [5, 5.41) is 3.11. The van der Waals surface area contributed by atoms with Crippen molar-refractivity contribution in [2.75, 3.05) is 13.7 Å². The van der Waals surface area contributed by atoms with Crippen LogP contribution in [0.1, 0.15) is 25.3 Å². The first-order chi connectivity index (χ1) is 9.65. The van der Waals surface area contributed by atoms with E-state index in [4.69, 9.17) is 4.74 Å². The number of hydrogen-bond donors (Lipinski definition) is 1. The highest BCUT2D eigenvalue weighted by molar-refractivity contribution is 6.05. The minimum Gasteiger partial charge on any atom is -0.481 e. The highest BCUT2D eigenvalue weighted by atomic mass is 16.5. The molecule has 1 aliphatic heterocycles. The largest absolute Gasteiger partial charge is 0.481 e. The molecule has 1 fully saturated rings. The number of nitrogens with zero attached hydrogens (tertiary/aromatic N) is 2. The second kappa shape index (κ2) is 6.47. The van der Waals surface area contributed by atoms with Crippen LogP contribution in [0.5, 0.6) is 5.88 Å². The molecule has 6 heteroatoms. The van der Waals surface area contributed by atoms with E-state index >= 15 is 0 Å². The number of likely N-dealkylation sites (tertiary alicyclic amines) is 1. The number of carbonyl (C=O) groups excluding carboxylic acids is 2. The molecule has 1 aliphatic rings. The first-order valence-electron chi connectivity index (χ1n) is 6.72. The molecule has 0 spiro atoms. The van der Waals surface area contributed by atoms with Gasteiger partial charge in [0.25, 0.3) is 0 Å². The van der Waals surface area contributed by atoms with Gasteiger partial charge >= 0.3 is 0 Å². The number of ether oxygens (including phenoxy) is 1. The van der Waals surface area contributed by atoms with Gasteiger partial charge in [-0.25, -0.2) is 4.98 Å². The van der Waals surface area contributed by atoms with Crippen molar-refractivity contribution in [2.45, 2.75) is 32.4 Å². The van der Waals surface area contributed by atoms with Crippen LogP contribution in [0.25, 0.3) is 0 Å². The zero-order valence-electron chi connectivity index (χ0n) is 11.8. The SMILES string of the molecule is CCCN1C(=O)CC(NCc2ccc(OC)nc2)C1=O. The van der Waals surface area contributed by atoms with Gasteiger partial charge in [0, 0.05) is 25.4 Å². The van der Waals surface area contributed by atoms with E-state index in [9.17, 15) is 9.59 Å². The van der Waals surface area contributed by atoms with Crippen molar-refractivity contribution in [3.05, 3.63) is 23.9 Å². The number of hydrogen-bond acceptors (Lipinski definition) is 5. The Morgan fingerprint density at radius 1 is 1.45 bits per heavy atom. The van der Waals surface area contributed by atoms with Gasteiger partial charge in [0.05, 0.1) is 19.6 Å². The van der Waals surface area contributed by atoms with Crippen LogP contribution in [0.4, 0.5) is 0 Å². The molecule has 0 aromatic carbocycles. The first kappa shape index (κ1) is 14.5. The van der Waals surface area contributed by atoms with Gasteiger partial charge in [-0.1, -0.05) is 13.0 Å². The molecule has 2 amide bonds. The Morgan fingerprint density at radius 2 is 2.25 bits per heavy atom. The molecule has 108 valence electrons. The average molecular weight is 277 g/mol. The molecule has 1 N–H and O–H groups in total. The number of carbonyl (C=O) groups is 2. The van der Waals surface area contributed by atoms with Crippen LogP contribution in [0.3, 0.4) is 0 Å². The van der Waals surface area contributed by atoms with Gasteiger partial charge in [-0.3, -0.25) is 14.5 Å². The molecule has 2 heterocycles. The Morgan fingerprint density at radius 3 is 2.85 bits per heavy atom. The Balaban J connectivity index is 1.90. The molecule has 0 aliphatic carbocycles. The minimum atomic E-state index is -0.420. The van der Waals surface area contributed by atoms with E-state index < -0.39 is 6.04 Å². The second-order valence-corrected chi connectivity index (χ2v) is 4.73. The lowest BCUT2D eigenvalue weighted by molar-refractivity contribution is -0.138. The summed E-state index contributed by atoms with van der Waals surface area (Å²) in [5.74, 6) is 0.329. The summed E-state index contributed by atoms with van der Waals surface area (Å²) in [6, 6.07) is 3.22. The van der Waals surface area contributed by atoms with Crippen molar-refractivity contribution in [3.63, 3.8) is 0 Å². The van der Waals surface area contributed by atoms with Gasteiger partial charge in [0.1, 0.15) is 0 Å². The van der Waals surface area contributed by atoms with Crippen molar-refractivity contribution in [1.82, 2.24) is 15.2 Å². The van der Waals surface area contributed by atoms with Crippen molar-refractivity contribution in [2.24, 2.45) is 0 Å². The van der Waals surface area contributed by atoms with E-state index in [1.807, 2.05) is 13.0 Å². The summed E-state index contributed by atoms with van der Waals surface area (Å²) in [6.45, 7) is 2.95. The Bertz CT molecular complexity index is 487. The number of aromatic nitrogens is 1. The number of methoxy groups -OCH3 is 1. The standard InChI is InChI=1S/C14H19N3O3/c1-3-6-17-13(18)7-11(14(17)19)15-8-10-4-5-12(20-2)16-9-10/h4-5,9,11,15H,3,6-8H2,1-2H3. The monoisotopic (exact) mass is 277 g/mol. The summed E-state index contributed by atoms with van der Waals surface area (Å²) in [7, 11) is 1.56. The smallest absolute Gasteiger partial charge is 0.246 e. The third-order valence-corrected chi connectivity index (χ3v) is 3.25. The van der Waals surface area contributed by atoms with Crippen LogP contribution in [0.15, 0.2) is 18.3 Å². The lowest BCUT2D eigenvalue weighted by atomic mass is 10.2. The van der Waals surface area contributed by atoms with E-state index in [1.165, 1.54) is 4.90 Å². The van der Waals surface area contributed by atoms with Gasteiger partial charge in [0.2, 0.25) is 17.7 Å². The van der Waals surface area contributed by atoms with Crippen molar-refractivity contribution in [1.29, 1.82) is 0 Å². The molecule has 0 bridgehead atoms. The number of pyridine rings is 1. The highest BCUT2D eigenvalue weighted by Gasteiger charge is 2.37. The van der Waals surface area contributed by atoms with Crippen molar-refractivity contribution in [3.8, 4) is 5.88 Å². The molecule has 1 saturated heterocycles. The van der Waals surface area contributed by atoms with Crippen LogP contribution in [-0.2, 0) is 16.1 Å². The number of amides is 2. The third-order valence-electron chi connectivity index (χ3n) is 3.25. The molecular weight excluding hydrogens is 258 g/mol. The Labute approximate surface area is 118 Å². The van der Waals surface area contributed by atoms with Gasteiger partial charge in [-0.05, 0) is 12.0 Å². The summed E-state index contributed by atoms with van der Waals surface area (Å²) in [6.07, 6.45) is 2.71. The van der Waals surface area contributed by atoms with Crippen LogP contribution < -0.4 is 10.1 Å². The van der Waals surface area contributed by atoms with E-state index in [0.717, 1.165) is 12.0 Å². The quantitative estimate of drug-likeness (QED) is 0.776. The summed E-state index contributed by atoms with van der Waals surface area (Å²) in [5.41, 5.74) is 0.944. The van der Waals surface area contributed by atoms with Crippen molar-refractivity contribution >= 4 is 11.8 Å². The molecule has 1 aromatic heterocycles. The second-order valence-electron chi connectivity index (χ2n) is 4.73. The molecule has 1 atom stereocenters. The van der Waals surface area contributed by atoms with E-state index in [1.54, 1.807) is 19.4 Å². The molecule has 20 heavy (non-hydrogen) atoms. The van der Waals surface area contributed by atoms with Gasteiger partial charge in [0.15, 0.2) is 0 Å². The lowest BCUT2D eigenvalue weighted by Crippen LogP contribution is -2.38.